The van der Waals surface area contributed by atoms with Gasteiger partial charge in [0.15, 0.2) is 0 Å². The molecular weight excluding hydrogens is 300 g/mol. The zero-order valence-electron chi connectivity index (χ0n) is 12.1. The van der Waals surface area contributed by atoms with Gasteiger partial charge in [0.1, 0.15) is 5.60 Å². The van der Waals surface area contributed by atoms with E-state index in [1.54, 1.807) is 32.0 Å². The monoisotopic (exact) mass is 312 g/mol. The Balaban J connectivity index is 2.21. The van der Waals surface area contributed by atoms with Crippen molar-refractivity contribution >= 4 is 23.4 Å². The molecule has 0 aliphatic carbocycles. The molecule has 1 heterocycles. The van der Waals surface area contributed by atoms with Gasteiger partial charge in [0.05, 0.1) is 22.3 Å². The van der Waals surface area contributed by atoms with Crippen LogP contribution >= 0.6 is 11.6 Å². The summed E-state index contributed by atoms with van der Waals surface area (Å²) in [5.41, 5.74) is 2.76. The van der Waals surface area contributed by atoms with Crippen molar-refractivity contribution in [2.45, 2.75) is 19.4 Å². The maximum Gasteiger partial charge on any atom is 0.412 e. The van der Waals surface area contributed by atoms with Crippen LogP contribution in [0.3, 0.4) is 0 Å². The summed E-state index contributed by atoms with van der Waals surface area (Å²) in [7, 11) is 0. The SMILES string of the molecule is CC1(C)OC(=O)Nc2ccc(-c3cccc(C#N)c3)c(Cl)c21. The van der Waals surface area contributed by atoms with Crippen LogP contribution < -0.4 is 5.32 Å². The first-order chi connectivity index (χ1) is 10.4. The van der Waals surface area contributed by atoms with E-state index in [2.05, 4.69) is 11.4 Å². The fourth-order valence-electron chi connectivity index (χ4n) is 2.67. The third-order valence-corrected chi connectivity index (χ3v) is 4.02. The third-order valence-electron chi connectivity index (χ3n) is 3.63. The van der Waals surface area contributed by atoms with Crippen LogP contribution in [0.2, 0.25) is 5.02 Å². The van der Waals surface area contributed by atoms with Crippen LogP contribution in [0.4, 0.5) is 10.5 Å². The average molecular weight is 313 g/mol. The van der Waals surface area contributed by atoms with Gasteiger partial charge in [-0.3, -0.25) is 5.32 Å². The Kier molecular flexibility index (Phi) is 3.31. The molecule has 22 heavy (non-hydrogen) atoms. The molecule has 2 aromatic carbocycles. The molecular formula is C17H13ClN2O2. The summed E-state index contributed by atoms with van der Waals surface area (Å²) in [6.07, 6.45) is -0.493. The van der Waals surface area contributed by atoms with Gasteiger partial charge in [-0.15, -0.1) is 0 Å². The van der Waals surface area contributed by atoms with Crippen molar-refractivity contribution in [3.05, 3.63) is 52.5 Å². The molecule has 3 rings (SSSR count). The van der Waals surface area contributed by atoms with Crippen molar-refractivity contribution in [2.75, 3.05) is 5.32 Å². The maximum atomic E-state index is 11.6. The summed E-state index contributed by atoms with van der Waals surface area (Å²) in [5, 5.41) is 12.2. The second-order valence-electron chi connectivity index (χ2n) is 5.57. The predicted octanol–water partition coefficient (Wildman–Crippen LogP) is 4.68. The molecule has 1 amide bonds. The first kappa shape index (κ1) is 14.4. The molecule has 0 spiro atoms. The van der Waals surface area contributed by atoms with Crippen molar-refractivity contribution in [3.8, 4) is 17.2 Å². The van der Waals surface area contributed by atoms with Crippen molar-refractivity contribution in [2.24, 2.45) is 0 Å². The number of fused-ring (bicyclic) bond motifs is 1. The number of nitriles is 1. The number of nitrogens with one attached hydrogen (secondary N) is 1. The molecule has 0 saturated carbocycles. The lowest BCUT2D eigenvalue weighted by molar-refractivity contribution is 0.0422. The number of hydrogen-bond acceptors (Lipinski definition) is 3. The molecule has 0 radical (unpaired) electrons. The second-order valence-corrected chi connectivity index (χ2v) is 5.95. The van der Waals surface area contributed by atoms with E-state index in [9.17, 15) is 4.79 Å². The predicted molar refractivity (Wildman–Crippen MR) is 84.7 cm³/mol. The summed E-state index contributed by atoms with van der Waals surface area (Å²) in [5.74, 6) is 0. The summed E-state index contributed by atoms with van der Waals surface area (Å²) >= 11 is 6.57. The Labute approximate surface area is 133 Å². The number of nitrogens with zero attached hydrogens (tertiary/aromatic N) is 1. The number of cyclic esters (lactones) is 1. The molecule has 0 unspecified atom stereocenters. The molecule has 5 heteroatoms. The summed E-state index contributed by atoms with van der Waals surface area (Å²) < 4.78 is 5.33. The normalized spacial score (nSPS) is 15.3. The standard InChI is InChI=1S/C17H13ClN2O2/c1-17(2)14-13(20-16(21)22-17)7-6-12(15(14)18)11-5-3-4-10(8-11)9-19/h3-8H,1-2H3,(H,20,21). The summed E-state index contributed by atoms with van der Waals surface area (Å²) in [6.45, 7) is 3.60. The minimum absolute atomic E-state index is 0.493. The molecule has 0 saturated heterocycles. The first-order valence-electron chi connectivity index (χ1n) is 6.76. The highest BCUT2D eigenvalue weighted by molar-refractivity contribution is 6.35. The van der Waals surface area contributed by atoms with Gasteiger partial charge in [-0.1, -0.05) is 29.8 Å². The number of carbonyl (C=O) groups excluding carboxylic acids is 1. The van der Waals surface area contributed by atoms with Crippen LogP contribution in [-0.2, 0) is 10.3 Å². The number of carbonyl (C=O) groups is 1. The average Bonchev–Trinajstić information content (AvgIpc) is 2.45. The van der Waals surface area contributed by atoms with Crippen molar-refractivity contribution in [1.29, 1.82) is 5.26 Å². The number of rotatable bonds is 1. The number of benzene rings is 2. The highest BCUT2D eigenvalue weighted by Crippen LogP contribution is 2.44. The van der Waals surface area contributed by atoms with E-state index in [4.69, 9.17) is 21.6 Å². The fraction of sp³-hybridized carbons (Fsp3) is 0.176. The van der Waals surface area contributed by atoms with Gasteiger partial charge in [0.2, 0.25) is 0 Å². The smallest absolute Gasteiger partial charge is 0.412 e. The minimum Gasteiger partial charge on any atom is -0.438 e. The molecule has 0 bridgehead atoms. The summed E-state index contributed by atoms with van der Waals surface area (Å²) in [4.78, 5) is 11.6. The first-order valence-corrected chi connectivity index (χ1v) is 7.13. The quantitative estimate of drug-likeness (QED) is 0.832. The van der Waals surface area contributed by atoms with Crippen LogP contribution in [0.1, 0.15) is 25.0 Å². The summed E-state index contributed by atoms with van der Waals surface area (Å²) in [6, 6.07) is 13.0. The largest absolute Gasteiger partial charge is 0.438 e. The lowest BCUT2D eigenvalue weighted by atomic mass is 9.90. The van der Waals surface area contributed by atoms with Crippen LogP contribution in [-0.4, -0.2) is 6.09 Å². The minimum atomic E-state index is -0.822. The highest BCUT2D eigenvalue weighted by atomic mass is 35.5. The molecule has 110 valence electrons. The van der Waals surface area contributed by atoms with Crippen LogP contribution in [0.15, 0.2) is 36.4 Å². The molecule has 0 atom stereocenters. The van der Waals surface area contributed by atoms with E-state index in [-0.39, 0.29) is 0 Å². The van der Waals surface area contributed by atoms with Crippen molar-refractivity contribution < 1.29 is 9.53 Å². The number of hydrogen-bond donors (Lipinski definition) is 1. The lowest BCUT2D eigenvalue weighted by Crippen LogP contribution is -2.35. The van der Waals surface area contributed by atoms with Gasteiger partial charge in [0, 0.05) is 11.1 Å². The van der Waals surface area contributed by atoms with Crippen molar-refractivity contribution in [3.63, 3.8) is 0 Å². The van der Waals surface area contributed by atoms with Gasteiger partial charge in [-0.25, -0.2) is 4.79 Å². The molecule has 0 fully saturated rings. The Hall–Kier alpha value is -2.51. The van der Waals surface area contributed by atoms with Gasteiger partial charge >= 0.3 is 6.09 Å². The van der Waals surface area contributed by atoms with Gasteiger partial charge in [-0.2, -0.15) is 5.26 Å². The fourth-order valence-corrected chi connectivity index (χ4v) is 3.17. The van der Waals surface area contributed by atoms with Gasteiger partial charge in [0.25, 0.3) is 0 Å². The molecule has 1 aliphatic rings. The van der Waals surface area contributed by atoms with Crippen LogP contribution in [0, 0.1) is 11.3 Å². The molecule has 1 N–H and O–H groups in total. The number of anilines is 1. The number of amides is 1. The zero-order chi connectivity index (χ0) is 15.9. The second kappa shape index (κ2) is 5.04. The highest BCUT2D eigenvalue weighted by Gasteiger charge is 2.36. The molecule has 1 aliphatic heterocycles. The van der Waals surface area contributed by atoms with E-state index >= 15 is 0 Å². The van der Waals surface area contributed by atoms with Crippen molar-refractivity contribution in [1.82, 2.24) is 0 Å². The van der Waals surface area contributed by atoms with E-state index in [1.165, 1.54) is 0 Å². The molecule has 2 aromatic rings. The van der Waals surface area contributed by atoms with Gasteiger partial charge in [-0.05, 0) is 37.6 Å². The molecule has 4 nitrogen and oxygen atoms in total. The van der Waals surface area contributed by atoms with E-state index < -0.39 is 11.7 Å². The molecule has 0 aromatic heterocycles. The van der Waals surface area contributed by atoms with Crippen LogP contribution in [0.25, 0.3) is 11.1 Å². The lowest BCUT2D eigenvalue weighted by Gasteiger charge is -2.33. The van der Waals surface area contributed by atoms with E-state index in [1.807, 2.05) is 18.2 Å². The van der Waals surface area contributed by atoms with E-state index in [0.29, 0.717) is 16.3 Å². The topological polar surface area (TPSA) is 62.1 Å². The number of halogens is 1. The Morgan fingerprint density at radius 2 is 2.05 bits per heavy atom. The Morgan fingerprint density at radius 3 is 2.77 bits per heavy atom. The zero-order valence-corrected chi connectivity index (χ0v) is 12.9. The third kappa shape index (κ3) is 2.30. The van der Waals surface area contributed by atoms with E-state index in [0.717, 1.165) is 16.7 Å². The Morgan fingerprint density at radius 1 is 1.27 bits per heavy atom. The Bertz CT molecular complexity index is 822. The van der Waals surface area contributed by atoms with Crippen LogP contribution in [0.5, 0.6) is 0 Å². The van der Waals surface area contributed by atoms with Gasteiger partial charge < -0.3 is 4.74 Å². The maximum absolute atomic E-state index is 11.6. The number of ether oxygens (including phenoxy) is 1.